The normalized spacial score (nSPS) is 27.2. The fraction of sp³-hybridized carbons (Fsp3) is 0.600. The molecule has 0 bridgehead atoms. The SMILES string of the molecule is CC(=O)NN1C(O)C(n2cnc3c(N)ncnc32)O[C@H](CC(C)C)C1O. The molecule has 1 aliphatic rings. The number of hydrogen-bond donors (Lipinski definition) is 4. The second kappa shape index (κ2) is 7.11. The number of aliphatic hydroxyl groups is 2. The van der Waals surface area contributed by atoms with Gasteiger partial charge in [-0.2, -0.15) is 5.01 Å². The molecule has 1 saturated heterocycles. The second-order valence-electron chi connectivity index (χ2n) is 6.68. The molecule has 0 radical (unpaired) electrons. The Morgan fingerprint density at radius 2 is 2.08 bits per heavy atom. The molecule has 142 valence electrons. The molecule has 26 heavy (non-hydrogen) atoms. The zero-order valence-corrected chi connectivity index (χ0v) is 14.8. The molecule has 2 aromatic heterocycles. The zero-order valence-electron chi connectivity index (χ0n) is 14.8. The van der Waals surface area contributed by atoms with Crippen molar-refractivity contribution < 1.29 is 19.7 Å². The van der Waals surface area contributed by atoms with Crippen molar-refractivity contribution in [2.75, 3.05) is 5.73 Å². The number of aromatic nitrogens is 4. The van der Waals surface area contributed by atoms with E-state index in [4.69, 9.17) is 10.5 Å². The highest BCUT2D eigenvalue weighted by molar-refractivity contribution is 5.81. The summed E-state index contributed by atoms with van der Waals surface area (Å²) in [6.07, 6.45) is -0.950. The molecular formula is C15H23N7O4. The van der Waals surface area contributed by atoms with Crippen molar-refractivity contribution in [3.05, 3.63) is 12.7 Å². The third-order valence-electron chi connectivity index (χ3n) is 4.12. The summed E-state index contributed by atoms with van der Waals surface area (Å²) in [6.45, 7) is 5.26. The molecule has 4 atom stereocenters. The van der Waals surface area contributed by atoms with Crippen molar-refractivity contribution >= 4 is 22.9 Å². The van der Waals surface area contributed by atoms with E-state index in [-0.39, 0.29) is 11.7 Å². The maximum atomic E-state index is 11.5. The van der Waals surface area contributed by atoms with Crippen molar-refractivity contribution in [2.45, 2.75) is 52.0 Å². The summed E-state index contributed by atoms with van der Waals surface area (Å²) >= 11 is 0. The summed E-state index contributed by atoms with van der Waals surface area (Å²) in [4.78, 5) is 23.7. The molecule has 0 aromatic carbocycles. The molecule has 1 fully saturated rings. The number of rotatable bonds is 4. The fourth-order valence-electron chi connectivity index (χ4n) is 3.01. The lowest BCUT2D eigenvalue weighted by molar-refractivity contribution is -0.298. The van der Waals surface area contributed by atoms with Crippen LogP contribution in [0.25, 0.3) is 11.2 Å². The van der Waals surface area contributed by atoms with Crippen LogP contribution in [0, 0.1) is 5.92 Å². The minimum absolute atomic E-state index is 0.205. The Bertz CT molecular complexity index is 795. The minimum Gasteiger partial charge on any atom is -0.382 e. The van der Waals surface area contributed by atoms with Gasteiger partial charge in [-0.1, -0.05) is 13.8 Å². The van der Waals surface area contributed by atoms with E-state index >= 15 is 0 Å². The zero-order chi connectivity index (χ0) is 19.0. The number of nitrogens with zero attached hydrogens (tertiary/aromatic N) is 5. The van der Waals surface area contributed by atoms with Gasteiger partial charge in [-0.05, 0) is 12.3 Å². The molecule has 0 aliphatic carbocycles. The highest BCUT2D eigenvalue weighted by Crippen LogP contribution is 2.32. The Balaban J connectivity index is 2.00. The third kappa shape index (κ3) is 3.33. The van der Waals surface area contributed by atoms with Gasteiger partial charge < -0.3 is 20.7 Å². The van der Waals surface area contributed by atoms with Crippen LogP contribution >= 0.6 is 0 Å². The quantitative estimate of drug-likeness (QED) is 0.553. The molecule has 1 amide bonds. The van der Waals surface area contributed by atoms with E-state index in [0.717, 1.165) is 5.01 Å². The average molecular weight is 365 g/mol. The molecule has 3 unspecified atom stereocenters. The van der Waals surface area contributed by atoms with Gasteiger partial charge in [0.15, 0.2) is 30.1 Å². The van der Waals surface area contributed by atoms with Gasteiger partial charge in [0.2, 0.25) is 5.91 Å². The number of nitrogen functional groups attached to an aromatic ring is 1. The van der Waals surface area contributed by atoms with Crippen LogP contribution in [0.4, 0.5) is 5.82 Å². The number of ether oxygens (including phenoxy) is 1. The van der Waals surface area contributed by atoms with E-state index in [0.29, 0.717) is 17.6 Å². The lowest BCUT2D eigenvalue weighted by Gasteiger charge is -2.45. The van der Waals surface area contributed by atoms with Crippen LogP contribution in [0.15, 0.2) is 12.7 Å². The first-order valence-corrected chi connectivity index (χ1v) is 8.29. The Morgan fingerprint density at radius 3 is 2.73 bits per heavy atom. The number of hydrazine groups is 1. The van der Waals surface area contributed by atoms with Crippen LogP contribution < -0.4 is 11.2 Å². The minimum atomic E-state index is -1.37. The van der Waals surface area contributed by atoms with E-state index in [1.807, 2.05) is 13.8 Å². The molecule has 3 rings (SSSR count). The van der Waals surface area contributed by atoms with Crippen LogP contribution in [0.5, 0.6) is 0 Å². The van der Waals surface area contributed by atoms with Crippen molar-refractivity contribution in [2.24, 2.45) is 5.92 Å². The predicted octanol–water partition coefficient (Wildman–Crippen LogP) is -0.658. The topological polar surface area (TPSA) is 152 Å². The monoisotopic (exact) mass is 365 g/mol. The number of fused-ring (bicyclic) bond motifs is 1. The number of anilines is 1. The Labute approximate surface area is 149 Å². The largest absolute Gasteiger partial charge is 0.382 e. The van der Waals surface area contributed by atoms with Crippen LogP contribution in [-0.4, -0.2) is 59.2 Å². The van der Waals surface area contributed by atoms with E-state index < -0.39 is 30.7 Å². The lowest BCUT2D eigenvalue weighted by atomic mass is 10.0. The van der Waals surface area contributed by atoms with Crippen molar-refractivity contribution in [3.8, 4) is 0 Å². The number of imidazole rings is 1. The number of amides is 1. The summed E-state index contributed by atoms with van der Waals surface area (Å²) in [5, 5.41) is 22.3. The van der Waals surface area contributed by atoms with Gasteiger partial charge in [0.05, 0.1) is 6.33 Å². The number of nitrogens with two attached hydrogens (primary N) is 1. The van der Waals surface area contributed by atoms with Crippen molar-refractivity contribution in [1.29, 1.82) is 0 Å². The summed E-state index contributed by atoms with van der Waals surface area (Å²) in [5.41, 5.74) is 9.02. The average Bonchev–Trinajstić information content (AvgIpc) is 2.99. The lowest BCUT2D eigenvalue weighted by Crippen LogP contribution is -2.64. The maximum Gasteiger partial charge on any atom is 0.231 e. The highest BCUT2D eigenvalue weighted by Gasteiger charge is 2.44. The van der Waals surface area contributed by atoms with E-state index in [9.17, 15) is 15.0 Å². The smallest absolute Gasteiger partial charge is 0.231 e. The van der Waals surface area contributed by atoms with Gasteiger partial charge in [-0.25, -0.2) is 15.0 Å². The molecule has 0 spiro atoms. The van der Waals surface area contributed by atoms with Gasteiger partial charge in [0, 0.05) is 6.92 Å². The van der Waals surface area contributed by atoms with E-state index in [1.165, 1.54) is 24.1 Å². The van der Waals surface area contributed by atoms with Gasteiger partial charge in [-0.3, -0.25) is 14.8 Å². The number of nitrogens with one attached hydrogen (secondary N) is 1. The maximum absolute atomic E-state index is 11.5. The van der Waals surface area contributed by atoms with Gasteiger partial charge in [0.1, 0.15) is 17.9 Å². The van der Waals surface area contributed by atoms with Crippen molar-refractivity contribution in [3.63, 3.8) is 0 Å². The van der Waals surface area contributed by atoms with E-state index in [2.05, 4.69) is 20.4 Å². The predicted molar refractivity (Wildman–Crippen MR) is 90.8 cm³/mol. The Kier molecular flexibility index (Phi) is 5.05. The Hall–Kier alpha value is -2.34. The summed E-state index contributed by atoms with van der Waals surface area (Å²) in [7, 11) is 0. The van der Waals surface area contributed by atoms with Crippen molar-refractivity contribution in [1.82, 2.24) is 30.0 Å². The first kappa shape index (κ1) is 18.5. The summed E-state index contributed by atoms with van der Waals surface area (Å²) in [6, 6.07) is 0. The molecule has 0 saturated carbocycles. The number of hydrogen-bond acceptors (Lipinski definition) is 9. The van der Waals surface area contributed by atoms with Gasteiger partial charge in [-0.15, -0.1) is 0 Å². The number of aliphatic hydroxyl groups excluding tert-OH is 2. The molecule has 3 heterocycles. The van der Waals surface area contributed by atoms with Crippen LogP contribution in [-0.2, 0) is 9.53 Å². The van der Waals surface area contributed by atoms with Crippen LogP contribution in [0.2, 0.25) is 0 Å². The number of morpholine rings is 1. The molecule has 11 heteroatoms. The first-order chi connectivity index (χ1) is 12.3. The fourth-order valence-corrected chi connectivity index (χ4v) is 3.01. The van der Waals surface area contributed by atoms with Gasteiger partial charge >= 0.3 is 0 Å². The molecule has 2 aromatic rings. The summed E-state index contributed by atoms with van der Waals surface area (Å²) in [5.74, 6) is 0.00728. The molecule has 5 N–H and O–H groups in total. The highest BCUT2D eigenvalue weighted by atomic mass is 16.6. The Morgan fingerprint density at radius 1 is 1.35 bits per heavy atom. The van der Waals surface area contributed by atoms with E-state index in [1.54, 1.807) is 0 Å². The summed E-state index contributed by atoms with van der Waals surface area (Å²) < 4.78 is 7.46. The first-order valence-electron chi connectivity index (χ1n) is 8.29. The molecular weight excluding hydrogens is 342 g/mol. The van der Waals surface area contributed by atoms with Gasteiger partial charge in [0.25, 0.3) is 0 Å². The second-order valence-corrected chi connectivity index (χ2v) is 6.68. The standard InChI is InChI=1S/C15H23N7O4/c1-7(2)4-9-13(24)22(20-8(3)23)14(25)15(26-9)21-6-19-10-11(16)17-5-18-12(10)21/h5-7,9,13-15,24-25H,4H2,1-3H3,(H,20,23)(H2,16,17,18)/t9-,13?,14?,15?/m1/s1. The van der Waals surface area contributed by atoms with Crippen LogP contribution in [0.3, 0.4) is 0 Å². The van der Waals surface area contributed by atoms with Crippen LogP contribution in [0.1, 0.15) is 33.4 Å². The number of carbonyl (C=O) groups excluding carboxylic acids is 1. The third-order valence-corrected chi connectivity index (χ3v) is 4.12. The molecule has 1 aliphatic heterocycles. The molecule has 11 nitrogen and oxygen atoms in total. The number of carbonyl (C=O) groups is 1.